The summed E-state index contributed by atoms with van der Waals surface area (Å²) in [7, 11) is -3.57. The predicted molar refractivity (Wildman–Crippen MR) is 111 cm³/mol. The Bertz CT molecular complexity index is 1150. The lowest BCUT2D eigenvalue weighted by atomic mass is 9.85. The Balaban J connectivity index is 1.71. The zero-order valence-electron chi connectivity index (χ0n) is 17.7. The minimum absolute atomic E-state index is 0.113. The lowest BCUT2D eigenvalue weighted by Gasteiger charge is -2.26. The van der Waals surface area contributed by atoms with E-state index in [0.717, 1.165) is 18.4 Å². The summed E-state index contributed by atoms with van der Waals surface area (Å²) in [5.74, 6) is -1.48. The number of fused-ring (bicyclic) bond motifs is 1. The van der Waals surface area contributed by atoms with Crippen molar-refractivity contribution in [3.05, 3.63) is 58.2 Å². The van der Waals surface area contributed by atoms with Gasteiger partial charge in [-0.05, 0) is 62.4 Å². The fourth-order valence-electron chi connectivity index (χ4n) is 3.75. The van der Waals surface area contributed by atoms with E-state index in [2.05, 4.69) is 15.0 Å². The third kappa shape index (κ3) is 5.56. The summed E-state index contributed by atoms with van der Waals surface area (Å²) in [6, 6.07) is 4.10. The summed E-state index contributed by atoms with van der Waals surface area (Å²) in [6.45, 7) is 3.22. The number of pyridine rings is 1. The first-order valence-electron chi connectivity index (χ1n) is 9.89. The van der Waals surface area contributed by atoms with Gasteiger partial charge in [0.2, 0.25) is 15.9 Å². The first kappa shape index (κ1) is 24.0. The first-order chi connectivity index (χ1) is 14.7. The molecule has 174 valence electrons. The van der Waals surface area contributed by atoms with Crippen LogP contribution in [0.15, 0.2) is 24.3 Å². The number of sulfonamides is 1. The molecule has 1 aliphatic rings. The highest BCUT2D eigenvalue weighted by Crippen LogP contribution is 2.32. The Kier molecular flexibility index (Phi) is 6.50. The lowest BCUT2D eigenvalue weighted by Crippen LogP contribution is -2.36. The van der Waals surface area contributed by atoms with E-state index in [1.165, 1.54) is 12.1 Å². The molecule has 2 unspecified atom stereocenters. The Morgan fingerprint density at radius 2 is 1.94 bits per heavy atom. The van der Waals surface area contributed by atoms with Gasteiger partial charge in [-0.25, -0.2) is 17.8 Å². The highest BCUT2D eigenvalue weighted by Gasteiger charge is 2.34. The summed E-state index contributed by atoms with van der Waals surface area (Å²) in [5.41, 5.74) is 0.783. The van der Waals surface area contributed by atoms with Crippen LogP contribution in [0.2, 0.25) is 0 Å². The smallest absolute Gasteiger partial charge is 0.349 e. The van der Waals surface area contributed by atoms with E-state index in [9.17, 15) is 30.8 Å². The molecule has 0 saturated heterocycles. The maximum absolute atomic E-state index is 14.6. The molecule has 0 aliphatic heterocycles. The number of amides is 1. The van der Waals surface area contributed by atoms with Gasteiger partial charge in [-0.2, -0.15) is 13.2 Å². The Morgan fingerprint density at radius 1 is 1.25 bits per heavy atom. The number of nitrogens with one attached hydrogen (secondary N) is 2. The van der Waals surface area contributed by atoms with Gasteiger partial charge < -0.3 is 5.32 Å². The molecule has 0 fully saturated rings. The van der Waals surface area contributed by atoms with Crippen LogP contribution in [0.3, 0.4) is 0 Å². The maximum atomic E-state index is 14.6. The van der Waals surface area contributed by atoms with Crippen molar-refractivity contribution in [2.45, 2.75) is 45.3 Å². The van der Waals surface area contributed by atoms with Gasteiger partial charge in [0.05, 0.1) is 18.0 Å². The molecule has 0 radical (unpaired) electrons. The number of carbonyl (C=O) groups excluding carboxylic acids is 1. The van der Waals surface area contributed by atoms with Crippen LogP contribution in [-0.4, -0.2) is 25.6 Å². The van der Waals surface area contributed by atoms with Gasteiger partial charge in [0, 0.05) is 17.2 Å². The van der Waals surface area contributed by atoms with Crippen molar-refractivity contribution in [3.63, 3.8) is 0 Å². The molecular weight excluding hydrogens is 450 g/mol. The van der Waals surface area contributed by atoms with E-state index in [4.69, 9.17) is 0 Å². The van der Waals surface area contributed by atoms with Gasteiger partial charge in [-0.15, -0.1) is 0 Å². The molecular formula is C21H23F4N3O3S. The van der Waals surface area contributed by atoms with Gasteiger partial charge in [-0.3, -0.25) is 9.52 Å². The summed E-state index contributed by atoms with van der Waals surface area (Å²) in [5, 5.41) is 2.75. The highest BCUT2D eigenvalue weighted by atomic mass is 32.2. The van der Waals surface area contributed by atoms with Gasteiger partial charge >= 0.3 is 6.18 Å². The molecule has 2 N–H and O–H groups in total. The van der Waals surface area contributed by atoms with Crippen molar-refractivity contribution in [2.75, 3.05) is 11.0 Å². The molecule has 0 spiro atoms. The molecule has 1 heterocycles. The quantitative estimate of drug-likeness (QED) is 0.645. The molecule has 6 nitrogen and oxygen atoms in total. The number of hydrogen-bond donors (Lipinski definition) is 2. The summed E-state index contributed by atoms with van der Waals surface area (Å²) >= 11 is 0. The number of aryl methyl sites for hydroxylation is 2. The minimum atomic E-state index is -4.52. The summed E-state index contributed by atoms with van der Waals surface area (Å²) in [4.78, 5) is 16.4. The van der Waals surface area contributed by atoms with Crippen molar-refractivity contribution in [2.24, 2.45) is 5.92 Å². The molecule has 1 aliphatic carbocycles. The number of halogens is 4. The van der Waals surface area contributed by atoms with Gasteiger partial charge in [0.1, 0.15) is 11.5 Å². The number of anilines is 1. The largest absolute Gasteiger partial charge is 0.433 e. The predicted octanol–water partition coefficient (Wildman–Crippen LogP) is 3.90. The second kappa shape index (κ2) is 8.68. The molecule has 3 rings (SSSR count). The molecule has 1 aromatic heterocycles. The van der Waals surface area contributed by atoms with Gasteiger partial charge in [0.25, 0.3) is 0 Å². The zero-order valence-corrected chi connectivity index (χ0v) is 18.5. The van der Waals surface area contributed by atoms with Crippen LogP contribution in [0.25, 0.3) is 0 Å². The number of benzene rings is 1. The van der Waals surface area contributed by atoms with E-state index in [1.54, 1.807) is 13.8 Å². The second-order valence-electron chi connectivity index (χ2n) is 8.03. The van der Waals surface area contributed by atoms with Crippen LogP contribution in [-0.2, 0) is 33.8 Å². The van der Waals surface area contributed by atoms with E-state index >= 15 is 0 Å². The number of rotatable bonds is 5. The van der Waals surface area contributed by atoms with Gasteiger partial charge in [-0.1, -0.05) is 6.07 Å². The fourth-order valence-corrected chi connectivity index (χ4v) is 4.37. The van der Waals surface area contributed by atoms with Crippen LogP contribution in [0.1, 0.15) is 47.5 Å². The first-order valence-corrected chi connectivity index (χ1v) is 11.8. The van der Waals surface area contributed by atoms with E-state index in [0.29, 0.717) is 23.2 Å². The van der Waals surface area contributed by atoms with Crippen molar-refractivity contribution < 1.29 is 30.8 Å². The number of hydrogen-bond acceptors (Lipinski definition) is 4. The Labute approximate surface area is 183 Å². The Morgan fingerprint density at radius 3 is 2.56 bits per heavy atom. The monoisotopic (exact) mass is 473 g/mol. The average molecular weight is 473 g/mol. The van der Waals surface area contributed by atoms with Crippen molar-refractivity contribution >= 4 is 21.6 Å². The van der Waals surface area contributed by atoms with Gasteiger partial charge in [0.15, 0.2) is 0 Å². The lowest BCUT2D eigenvalue weighted by molar-refractivity contribution is -0.141. The number of nitrogens with zero attached hydrogens (tertiary/aromatic N) is 1. The van der Waals surface area contributed by atoms with E-state index in [-0.39, 0.29) is 30.0 Å². The van der Waals surface area contributed by atoms with Crippen molar-refractivity contribution in [1.82, 2.24) is 10.3 Å². The van der Waals surface area contributed by atoms with E-state index < -0.39 is 39.7 Å². The molecule has 1 aromatic carbocycles. The number of alkyl halides is 3. The van der Waals surface area contributed by atoms with E-state index in [1.807, 2.05) is 0 Å². The third-order valence-corrected chi connectivity index (χ3v) is 5.98. The summed E-state index contributed by atoms with van der Waals surface area (Å²) < 4.78 is 78.2. The average Bonchev–Trinajstić information content (AvgIpc) is 2.67. The molecule has 11 heteroatoms. The number of carbonyl (C=O) groups is 1. The minimum Gasteiger partial charge on any atom is -0.349 e. The topological polar surface area (TPSA) is 88.2 Å². The SMILES string of the molecule is Cc1cc(C(C)NC(=O)C2CCc3nc(C(F)(F)F)ccc3C2)c(F)cc1NS(C)(=O)=O. The van der Waals surface area contributed by atoms with Crippen LogP contribution in [0, 0.1) is 18.7 Å². The standard InChI is InChI=1S/C21H23F4N3O3S/c1-11-8-15(16(22)10-18(11)28-32(3,30)31)12(2)26-20(29)14-4-6-17-13(9-14)5-7-19(27-17)21(23,24)25/h5,7-8,10,12,14,28H,4,6,9H2,1-3H3,(H,26,29). The van der Waals surface area contributed by atoms with Crippen LogP contribution >= 0.6 is 0 Å². The number of aromatic nitrogens is 1. The molecule has 1 amide bonds. The molecule has 2 aromatic rings. The normalized spacial score (nSPS) is 17.4. The fraction of sp³-hybridized carbons (Fsp3) is 0.429. The Hall–Kier alpha value is -2.69. The van der Waals surface area contributed by atoms with Crippen LogP contribution < -0.4 is 10.0 Å². The summed E-state index contributed by atoms with van der Waals surface area (Å²) in [6.07, 6.45) is -2.74. The van der Waals surface area contributed by atoms with Crippen LogP contribution in [0.4, 0.5) is 23.2 Å². The molecule has 0 bridgehead atoms. The highest BCUT2D eigenvalue weighted by molar-refractivity contribution is 7.92. The van der Waals surface area contributed by atoms with Crippen molar-refractivity contribution in [1.29, 1.82) is 0 Å². The van der Waals surface area contributed by atoms with Crippen LogP contribution in [0.5, 0.6) is 0 Å². The van der Waals surface area contributed by atoms with Crippen molar-refractivity contribution in [3.8, 4) is 0 Å². The molecule has 0 saturated carbocycles. The zero-order chi connectivity index (χ0) is 23.8. The molecule has 2 atom stereocenters. The maximum Gasteiger partial charge on any atom is 0.433 e. The molecule has 32 heavy (non-hydrogen) atoms. The second-order valence-corrected chi connectivity index (χ2v) is 9.78. The third-order valence-electron chi connectivity index (χ3n) is 5.39.